The minimum atomic E-state index is -0.220. The van der Waals surface area contributed by atoms with Crippen LogP contribution >= 0.6 is 0 Å². The molecular weight excluding hydrogens is 222 g/mol. The third-order valence-corrected chi connectivity index (χ3v) is 3.55. The molecule has 0 aromatic rings. The van der Waals surface area contributed by atoms with E-state index in [0.717, 1.165) is 25.4 Å². The Morgan fingerprint density at radius 2 is 2.11 bits per heavy atom. The predicted molar refractivity (Wildman–Crippen MR) is 78.6 cm³/mol. The number of nitrogens with one attached hydrogen (secondary N) is 1. The summed E-state index contributed by atoms with van der Waals surface area (Å²) in [6.45, 7) is 12.8. The minimum absolute atomic E-state index is 0.208. The summed E-state index contributed by atoms with van der Waals surface area (Å²) in [5.74, 6) is 1.46. The smallest absolute Gasteiger partial charge is 0.0669 e. The summed E-state index contributed by atoms with van der Waals surface area (Å²) in [6, 6.07) is 0. The largest absolute Gasteiger partial charge is 0.392 e. The van der Waals surface area contributed by atoms with Crippen LogP contribution in [0.4, 0.5) is 0 Å². The van der Waals surface area contributed by atoms with Crippen LogP contribution in [-0.4, -0.2) is 24.3 Å². The summed E-state index contributed by atoms with van der Waals surface area (Å²) in [5, 5.41) is 13.4. The molecule has 0 spiro atoms. The van der Waals surface area contributed by atoms with Crippen molar-refractivity contribution in [3.8, 4) is 0 Å². The quantitative estimate of drug-likeness (QED) is 0.736. The van der Waals surface area contributed by atoms with Gasteiger partial charge in [-0.25, -0.2) is 0 Å². The monoisotopic (exact) mass is 253 g/mol. The molecular formula is C16H31NO. The minimum Gasteiger partial charge on any atom is -0.392 e. The molecule has 0 aliphatic heterocycles. The van der Waals surface area contributed by atoms with E-state index in [2.05, 4.69) is 46.0 Å². The first-order valence-electron chi connectivity index (χ1n) is 7.32. The number of allylic oxidation sites excluding steroid dienone is 2. The van der Waals surface area contributed by atoms with Gasteiger partial charge in [0, 0.05) is 6.54 Å². The van der Waals surface area contributed by atoms with E-state index >= 15 is 0 Å². The Morgan fingerprint density at radius 1 is 1.44 bits per heavy atom. The van der Waals surface area contributed by atoms with Crippen LogP contribution in [0.3, 0.4) is 0 Å². The lowest BCUT2D eigenvalue weighted by molar-refractivity contribution is 0.118. The first-order chi connectivity index (χ1) is 8.26. The van der Waals surface area contributed by atoms with Crippen molar-refractivity contribution in [3.63, 3.8) is 0 Å². The zero-order valence-electron chi connectivity index (χ0n) is 12.8. The van der Waals surface area contributed by atoms with Gasteiger partial charge in [-0.1, -0.05) is 39.3 Å². The van der Waals surface area contributed by atoms with E-state index in [1.54, 1.807) is 0 Å². The molecule has 0 saturated heterocycles. The maximum Gasteiger partial charge on any atom is 0.0669 e. The molecule has 0 aromatic heterocycles. The third kappa shape index (κ3) is 6.55. The lowest BCUT2D eigenvalue weighted by atomic mass is 9.83. The van der Waals surface area contributed by atoms with Gasteiger partial charge in [0.1, 0.15) is 0 Å². The normalized spacial score (nSPS) is 26.9. The molecule has 0 radical (unpaired) electrons. The molecule has 2 heteroatoms. The van der Waals surface area contributed by atoms with Gasteiger partial charge in [-0.15, -0.1) is 0 Å². The second-order valence-electron chi connectivity index (χ2n) is 7.37. The maximum atomic E-state index is 9.94. The van der Waals surface area contributed by atoms with Crippen LogP contribution in [0.5, 0.6) is 0 Å². The molecule has 3 unspecified atom stereocenters. The lowest BCUT2D eigenvalue weighted by Gasteiger charge is -2.27. The topological polar surface area (TPSA) is 32.3 Å². The SMILES string of the molecule is CC1=CC(C)CC(CNCC(O)CC(C)(C)C)C1. The Labute approximate surface area is 113 Å². The van der Waals surface area contributed by atoms with Crippen molar-refractivity contribution in [2.75, 3.05) is 13.1 Å². The van der Waals surface area contributed by atoms with Crippen molar-refractivity contribution in [2.24, 2.45) is 17.3 Å². The van der Waals surface area contributed by atoms with Crippen LogP contribution in [0.1, 0.15) is 53.9 Å². The van der Waals surface area contributed by atoms with E-state index in [1.807, 2.05) is 0 Å². The maximum absolute atomic E-state index is 9.94. The third-order valence-electron chi connectivity index (χ3n) is 3.55. The van der Waals surface area contributed by atoms with Gasteiger partial charge in [0.25, 0.3) is 0 Å². The first-order valence-corrected chi connectivity index (χ1v) is 7.32. The lowest BCUT2D eigenvalue weighted by Crippen LogP contribution is -2.34. The van der Waals surface area contributed by atoms with Crippen molar-refractivity contribution in [1.29, 1.82) is 0 Å². The van der Waals surface area contributed by atoms with Crippen molar-refractivity contribution < 1.29 is 5.11 Å². The van der Waals surface area contributed by atoms with Crippen LogP contribution in [0.25, 0.3) is 0 Å². The van der Waals surface area contributed by atoms with Gasteiger partial charge in [0.05, 0.1) is 6.10 Å². The molecule has 0 heterocycles. The number of hydrogen-bond donors (Lipinski definition) is 2. The van der Waals surface area contributed by atoms with E-state index < -0.39 is 0 Å². The Bertz CT molecular complexity index is 277. The van der Waals surface area contributed by atoms with Crippen LogP contribution in [0, 0.1) is 17.3 Å². The van der Waals surface area contributed by atoms with Gasteiger partial charge in [-0.2, -0.15) is 0 Å². The second kappa shape index (κ2) is 6.72. The molecule has 2 nitrogen and oxygen atoms in total. The zero-order valence-corrected chi connectivity index (χ0v) is 12.8. The van der Waals surface area contributed by atoms with Crippen molar-refractivity contribution >= 4 is 0 Å². The summed E-state index contributed by atoms with van der Waals surface area (Å²) in [7, 11) is 0. The van der Waals surface area contributed by atoms with Crippen LogP contribution in [-0.2, 0) is 0 Å². The van der Waals surface area contributed by atoms with Gasteiger partial charge in [0.15, 0.2) is 0 Å². The van der Waals surface area contributed by atoms with Crippen LogP contribution < -0.4 is 5.32 Å². The Kier molecular flexibility index (Phi) is 5.87. The Balaban J connectivity index is 2.20. The van der Waals surface area contributed by atoms with Gasteiger partial charge in [0.2, 0.25) is 0 Å². The highest BCUT2D eigenvalue weighted by Gasteiger charge is 2.19. The summed E-state index contributed by atoms with van der Waals surface area (Å²) >= 11 is 0. The number of aliphatic hydroxyl groups is 1. The van der Waals surface area contributed by atoms with Crippen LogP contribution in [0.15, 0.2) is 11.6 Å². The van der Waals surface area contributed by atoms with Gasteiger partial charge in [-0.05, 0) is 50.0 Å². The predicted octanol–water partition coefficient (Wildman–Crippen LogP) is 3.37. The number of hydrogen-bond acceptors (Lipinski definition) is 2. The fourth-order valence-corrected chi connectivity index (χ4v) is 3.07. The van der Waals surface area contributed by atoms with E-state index in [9.17, 15) is 5.11 Å². The van der Waals surface area contributed by atoms with Gasteiger partial charge in [-0.3, -0.25) is 0 Å². The second-order valence-corrected chi connectivity index (χ2v) is 7.37. The highest BCUT2D eigenvalue weighted by atomic mass is 16.3. The van der Waals surface area contributed by atoms with E-state index in [4.69, 9.17) is 0 Å². The summed E-state index contributed by atoms with van der Waals surface area (Å²) in [5.41, 5.74) is 1.73. The molecule has 0 saturated carbocycles. The van der Waals surface area contributed by atoms with E-state index in [1.165, 1.54) is 18.4 Å². The van der Waals surface area contributed by atoms with E-state index in [-0.39, 0.29) is 11.5 Å². The van der Waals surface area contributed by atoms with Crippen LogP contribution in [0.2, 0.25) is 0 Å². The standard InChI is InChI=1S/C16H31NO/c1-12-6-13(2)8-14(7-12)10-17-11-15(18)9-16(3,4)5/h6,12,14-15,17-18H,7-11H2,1-5H3. The highest BCUT2D eigenvalue weighted by molar-refractivity contribution is 5.06. The molecule has 0 aromatic carbocycles. The van der Waals surface area contributed by atoms with Crippen molar-refractivity contribution in [3.05, 3.63) is 11.6 Å². The molecule has 0 bridgehead atoms. The van der Waals surface area contributed by atoms with Crippen molar-refractivity contribution in [1.82, 2.24) is 5.32 Å². The van der Waals surface area contributed by atoms with E-state index in [0.29, 0.717) is 5.92 Å². The molecule has 0 amide bonds. The molecule has 106 valence electrons. The average Bonchev–Trinajstić information content (AvgIpc) is 2.12. The summed E-state index contributed by atoms with van der Waals surface area (Å²) < 4.78 is 0. The fourth-order valence-electron chi connectivity index (χ4n) is 3.07. The highest BCUT2D eigenvalue weighted by Crippen LogP contribution is 2.27. The van der Waals surface area contributed by atoms with Crippen molar-refractivity contribution in [2.45, 2.75) is 60.0 Å². The average molecular weight is 253 g/mol. The molecule has 18 heavy (non-hydrogen) atoms. The van der Waals surface area contributed by atoms with Gasteiger partial charge < -0.3 is 10.4 Å². The molecule has 0 fully saturated rings. The molecule has 1 aliphatic carbocycles. The first kappa shape index (κ1) is 15.7. The summed E-state index contributed by atoms with van der Waals surface area (Å²) in [6.07, 6.45) is 5.53. The number of rotatable bonds is 5. The fraction of sp³-hybridized carbons (Fsp3) is 0.875. The Hall–Kier alpha value is -0.340. The number of aliphatic hydroxyl groups excluding tert-OH is 1. The molecule has 1 rings (SSSR count). The Morgan fingerprint density at radius 3 is 2.67 bits per heavy atom. The summed E-state index contributed by atoms with van der Waals surface area (Å²) in [4.78, 5) is 0. The van der Waals surface area contributed by atoms with Gasteiger partial charge >= 0.3 is 0 Å². The molecule has 3 atom stereocenters. The molecule has 2 N–H and O–H groups in total. The molecule has 1 aliphatic rings. The zero-order chi connectivity index (χ0) is 13.8.